The van der Waals surface area contributed by atoms with E-state index in [0.29, 0.717) is 0 Å². The SMILES string of the molecule is Cc1[c-]c2c(cc1)-c1ccccc1C2.[CH2-]CCC.[CH2-]CCC.[Hf]. The fourth-order valence-corrected chi connectivity index (χ4v) is 2.18. The first-order valence-electron chi connectivity index (χ1n) is 8.36. The minimum absolute atomic E-state index is 0. The predicted molar refractivity (Wildman–Crippen MR) is 98.8 cm³/mol. The second kappa shape index (κ2) is 12.7. The Hall–Kier alpha value is -0.690. The molecule has 0 radical (unpaired) electrons. The van der Waals surface area contributed by atoms with Crippen LogP contribution in [0.5, 0.6) is 0 Å². The molecule has 124 valence electrons. The topological polar surface area (TPSA) is 0 Å². The van der Waals surface area contributed by atoms with Gasteiger partial charge in [0, 0.05) is 25.8 Å². The maximum Gasteiger partial charge on any atom is 0 e. The Kier molecular flexibility index (Phi) is 12.3. The van der Waals surface area contributed by atoms with Crippen LogP contribution in [0.2, 0.25) is 0 Å². The molecule has 0 bridgehead atoms. The molecule has 0 saturated carbocycles. The van der Waals surface area contributed by atoms with Crippen LogP contribution in [0.1, 0.15) is 56.2 Å². The molecule has 0 spiro atoms. The molecule has 0 heterocycles. The van der Waals surface area contributed by atoms with Gasteiger partial charge in [0.15, 0.2) is 0 Å². The predicted octanol–water partition coefficient (Wildman–Crippen LogP) is 6.61. The van der Waals surface area contributed by atoms with Crippen molar-refractivity contribution in [2.24, 2.45) is 0 Å². The van der Waals surface area contributed by atoms with Crippen molar-refractivity contribution >= 4 is 0 Å². The molecule has 23 heavy (non-hydrogen) atoms. The molecule has 0 atom stereocenters. The summed E-state index contributed by atoms with van der Waals surface area (Å²) in [5.41, 5.74) is 6.78. The van der Waals surface area contributed by atoms with E-state index in [-0.39, 0.29) is 25.8 Å². The number of benzene rings is 2. The fraction of sp³-hybridized carbons (Fsp3) is 0.364. The molecule has 1 heteroatoms. The molecule has 3 rings (SSSR count). The first-order valence-corrected chi connectivity index (χ1v) is 8.36. The van der Waals surface area contributed by atoms with Gasteiger partial charge in [-0.15, -0.1) is 11.1 Å². The van der Waals surface area contributed by atoms with E-state index >= 15 is 0 Å². The van der Waals surface area contributed by atoms with Crippen LogP contribution in [-0.4, -0.2) is 0 Å². The van der Waals surface area contributed by atoms with Crippen LogP contribution in [0.25, 0.3) is 11.1 Å². The van der Waals surface area contributed by atoms with Gasteiger partial charge in [-0.2, -0.15) is 36.6 Å². The molecule has 0 saturated heterocycles. The standard InChI is InChI=1S/C14H11.2C4H9.Hf/c1-10-6-7-14-12(8-10)9-11-4-2-3-5-13(11)14;2*1-3-4-2;/h2-7H,9H2,1H3;2*1,3-4H2,2H3;/q3*-1;. The average molecular weight is 472 g/mol. The molecule has 0 fully saturated rings. The van der Waals surface area contributed by atoms with E-state index in [2.05, 4.69) is 77.1 Å². The van der Waals surface area contributed by atoms with Crippen molar-refractivity contribution in [1.29, 1.82) is 0 Å². The van der Waals surface area contributed by atoms with Crippen LogP contribution in [0, 0.1) is 26.8 Å². The molecule has 1 aliphatic carbocycles. The molecule has 0 unspecified atom stereocenters. The van der Waals surface area contributed by atoms with E-state index in [4.69, 9.17) is 0 Å². The smallest absolute Gasteiger partial charge is 0 e. The number of aryl methyl sites for hydroxylation is 1. The van der Waals surface area contributed by atoms with Gasteiger partial charge in [0.1, 0.15) is 0 Å². The van der Waals surface area contributed by atoms with Crippen molar-refractivity contribution in [3.05, 3.63) is 73.0 Å². The second-order valence-corrected chi connectivity index (χ2v) is 5.57. The minimum Gasteiger partial charge on any atom is -0.343 e. The largest absolute Gasteiger partial charge is 0.343 e. The van der Waals surface area contributed by atoms with Crippen molar-refractivity contribution in [2.75, 3.05) is 0 Å². The van der Waals surface area contributed by atoms with Crippen LogP contribution in [0.4, 0.5) is 0 Å². The first kappa shape index (κ1) is 22.3. The Morgan fingerprint density at radius 3 is 2.04 bits per heavy atom. The van der Waals surface area contributed by atoms with Gasteiger partial charge >= 0.3 is 0 Å². The summed E-state index contributed by atoms with van der Waals surface area (Å²) in [5.74, 6) is 0. The van der Waals surface area contributed by atoms with Crippen LogP contribution >= 0.6 is 0 Å². The van der Waals surface area contributed by atoms with Gasteiger partial charge in [0.25, 0.3) is 0 Å². The van der Waals surface area contributed by atoms with Crippen LogP contribution in [0.15, 0.2) is 36.4 Å². The molecular formula is C22H29Hf-3. The number of fused-ring (bicyclic) bond motifs is 3. The minimum atomic E-state index is 0. The van der Waals surface area contributed by atoms with Crippen LogP contribution < -0.4 is 0 Å². The summed E-state index contributed by atoms with van der Waals surface area (Å²) in [7, 11) is 0. The zero-order valence-corrected chi connectivity index (χ0v) is 18.5. The van der Waals surface area contributed by atoms with Crippen molar-refractivity contribution < 1.29 is 25.8 Å². The van der Waals surface area contributed by atoms with Gasteiger partial charge in [-0.1, -0.05) is 69.0 Å². The van der Waals surface area contributed by atoms with E-state index in [9.17, 15) is 0 Å². The summed E-state index contributed by atoms with van der Waals surface area (Å²) >= 11 is 0. The molecule has 0 aromatic heterocycles. The van der Waals surface area contributed by atoms with E-state index in [1.165, 1.54) is 40.7 Å². The van der Waals surface area contributed by atoms with Gasteiger partial charge in [-0.05, 0) is 6.42 Å². The van der Waals surface area contributed by atoms with E-state index in [0.717, 1.165) is 19.3 Å². The van der Waals surface area contributed by atoms with E-state index in [1.54, 1.807) is 0 Å². The summed E-state index contributed by atoms with van der Waals surface area (Å²) in [5, 5.41) is 0. The summed E-state index contributed by atoms with van der Waals surface area (Å²) in [6.45, 7) is 13.5. The van der Waals surface area contributed by atoms with E-state index < -0.39 is 0 Å². The van der Waals surface area contributed by atoms with Gasteiger partial charge in [-0.3, -0.25) is 0 Å². The summed E-state index contributed by atoms with van der Waals surface area (Å²) in [6.07, 6.45) is 5.60. The Bertz CT molecular complexity index is 550. The van der Waals surface area contributed by atoms with Crippen molar-refractivity contribution in [3.63, 3.8) is 0 Å². The third kappa shape index (κ3) is 7.16. The Labute approximate surface area is 162 Å². The molecule has 1 aliphatic rings. The molecule has 0 amide bonds. The fourth-order valence-electron chi connectivity index (χ4n) is 2.18. The molecule has 2 aromatic carbocycles. The first-order chi connectivity index (χ1) is 10.7. The average Bonchev–Trinajstić information content (AvgIpc) is 2.92. The molecular weight excluding hydrogens is 443 g/mol. The number of hydrogen-bond donors (Lipinski definition) is 0. The zero-order valence-electron chi connectivity index (χ0n) is 14.9. The van der Waals surface area contributed by atoms with Crippen molar-refractivity contribution in [1.82, 2.24) is 0 Å². The number of rotatable bonds is 2. The second-order valence-electron chi connectivity index (χ2n) is 5.57. The van der Waals surface area contributed by atoms with Crippen LogP contribution in [0.3, 0.4) is 0 Å². The number of unbranched alkanes of at least 4 members (excludes halogenated alkanes) is 2. The third-order valence-corrected chi connectivity index (χ3v) is 3.56. The monoisotopic (exact) mass is 473 g/mol. The molecule has 0 nitrogen and oxygen atoms in total. The van der Waals surface area contributed by atoms with E-state index in [1.807, 2.05) is 0 Å². The Morgan fingerprint density at radius 2 is 1.48 bits per heavy atom. The Balaban J connectivity index is 0.000000461. The molecule has 0 aliphatic heterocycles. The molecule has 2 aromatic rings. The van der Waals surface area contributed by atoms with Crippen molar-refractivity contribution in [2.45, 2.75) is 52.9 Å². The third-order valence-electron chi connectivity index (χ3n) is 3.56. The van der Waals surface area contributed by atoms with Gasteiger partial charge < -0.3 is 13.8 Å². The molecule has 0 N–H and O–H groups in total. The van der Waals surface area contributed by atoms with Gasteiger partial charge in [0.2, 0.25) is 0 Å². The normalized spacial score (nSPS) is 10.1. The quantitative estimate of drug-likeness (QED) is 0.291. The Morgan fingerprint density at radius 1 is 0.913 bits per heavy atom. The maximum atomic E-state index is 3.60. The van der Waals surface area contributed by atoms with Crippen molar-refractivity contribution in [3.8, 4) is 11.1 Å². The van der Waals surface area contributed by atoms with Gasteiger partial charge in [0.05, 0.1) is 0 Å². The van der Waals surface area contributed by atoms with Crippen LogP contribution in [-0.2, 0) is 32.3 Å². The number of hydrogen-bond acceptors (Lipinski definition) is 0. The zero-order chi connectivity index (χ0) is 16.4. The van der Waals surface area contributed by atoms with Gasteiger partial charge in [-0.25, -0.2) is 0 Å². The summed E-state index contributed by atoms with van der Waals surface area (Å²) < 4.78 is 0. The summed E-state index contributed by atoms with van der Waals surface area (Å²) in [4.78, 5) is 0. The summed E-state index contributed by atoms with van der Waals surface area (Å²) in [6, 6.07) is 16.4. The maximum absolute atomic E-state index is 3.60.